The van der Waals surface area contributed by atoms with Crippen LogP contribution in [-0.4, -0.2) is 21.4 Å². The summed E-state index contributed by atoms with van der Waals surface area (Å²) in [6.07, 6.45) is 3.11. The number of nitrogens with one attached hydrogen (secondary N) is 2. The molecule has 0 unspecified atom stereocenters. The zero-order valence-corrected chi connectivity index (χ0v) is 17.4. The number of amides is 1. The molecule has 3 aromatic rings. The molecule has 0 fully saturated rings. The van der Waals surface area contributed by atoms with E-state index < -0.39 is 10.0 Å². The molecule has 0 heterocycles. The zero-order chi connectivity index (χ0) is 21.6. The highest BCUT2D eigenvalue weighted by molar-refractivity contribution is 7.92. The van der Waals surface area contributed by atoms with E-state index in [-0.39, 0.29) is 10.8 Å². The number of ether oxygens (including phenoxy) is 1. The minimum Gasteiger partial charge on any atom is -0.497 e. The monoisotopic (exact) mass is 422 g/mol. The Kier molecular flexibility index (Phi) is 6.54. The first-order chi connectivity index (χ1) is 14.4. The van der Waals surface area contributed by atoms with E-state index >= 15 is 0 Å². The number of sulfonamides is 1. The minimum atomic E-state index is -3.81. The molecule has 3 aromatic carbocycles. The van der Waals surface area contributed by atoms with Gasteiger partial charge in [0.25, 0.3) is 10.0 Å². The van der Waals surface area contributed by atoms with Gasteiger partial charge in [-0.3, -0.25) is 9.52 Å². The second kappa shape index (κ2) is 9.28. The fraction of sp³-hybridized carbons (Fsp3) is 0.0870. The Bertz CT molecular complexity index is 1170. The predicted molar refractivity (Wildman–Crippen MR) is 119 cm³/mol. The van der Waals surface area contributed by atoms with E-state index in [9.17, 15) is 13.2 Å². The number of rotatable bonds is 7. The standard InChI is InChI=1S/C23H22N2O4S/c1-17-5-3-6-18(15-17)9-14-23(26)24-20-7-4-8-22(16-20)30(27,28)25-19-10-12-21(29-2)13-11-19/h3-16,25H,1-2H3,(H,24,26)/b14-9+. The number of carbonyl (C=O) groups is 1. The van der Waals surface area contributed by atoms with Gasteiger partial charge in [0.2, 0.25) is 5.91 Å². The number of benzene rings is 3. The highest BCUT2D eigenvalue weighted by Gasteiger charge is 2.15. The van der Waals surface area contributed by atoms with Crippen LogP contribution >= 0.6 is 0 Å². The van der Waals surface area contributed by atoms with Crippen molar-refractivity contribution in [2.45, 2.75) is 11.8 Å². The second-order valence-electron chi connectivity index (χ2n) is 6.60. The number of methoxy groups -OCH3 is 1. The average molecular weight is 423 g/mol. The van der Waals surface area contributed by atoms with Gasteiger partial charge in [0, 0.05) is 17.5 Å². The smallest absolute Gasteiger partial charge is 0.261 e. The lowest BCUT2D eigenvalue weighted by Crippen LogP contribution is -2.14. The van der Waals surface area contributed by atoms with Crippen LogP contribution in [0.1, 0.15) is 11.1 Å². The van der Waals surface area contributed by atoms with Gasteiger partial charge in [-0.05, 0) is 61.0 Å². The number of hydrogen-bond acceptors (Lipinski definition) is 4. The van der Waals surface area contributed by atoms with Crippen LogP contribution in [-0.2, 0) is 14.8 Å². The quantitative estimate of drug-likeness (QED) is 0.551. The van der Waals surface area contributed by atoms with E-state index in [1.54, 1.807) is 42.5 Å². The third-order valence-electron chi connectivity index (χ3n) is 4.22. The van der Waals surface area contributed by atoms with E-state index in [1.165, 1.54) is 25.3 Å². The van der Waals surface area contributed by atoms with Gasteiger partial charge in [0.1, 0.15) is 5.75 Å². The van der Waals surface area contributed by atoms with Crippen LogP contribution in [0.2, 0.25) is 0 Å². The highest BCUT2D eigenvalue weighted by Crippen LogP contribution is 2.21. The largest absolute Gasteiger partial charge is 0.497 e. The lowest BCUT2D eigenvalue weighted by atomic mass is 10.1. The van der Waals surface area contributed by atoms with Crippen molar-refractivity contribution in [2.75, 3.05) is 17.1 Å². The van der Waals surface area contributed by atoms with Gasteiger partial charge in [0.05, 0.1) is 12.0 Å². The van der Waals surface area contributed by atoms with E-state index in [0.29, 0.717) is 17.1 Å². The van der Waals surface area contributed by atoms with Crippen molar-refractivity contribution in [3.63, 3.8) is 0 Å². The maximum absolute atomic E-state index is 12.7. The Balaban J connectivity index is 1.70. The molecular weight excluding hydrogens is 400 g/mol. The topological polar surface area (TPSA) is 84.5 Å². The van der Waals surface area contributed by atoms with Crippen molar-refractivity contribution in [2.24, 2.45) is 0 Å². The first-order valence-electron chi connectivity index (χ1n) is 9.18. The molecule has 0 atom stereocenters. The van der Waals surface area contributed by atoms with Crippen molar-refractivity contribution in [3.8, 4) is 5.75 Å². The molecule has 0 bridgehead atoms. The maximum atomic E-state index is 12.7. The summed E-state index contributed by atoms with van der Waals surface area (Å²) in [6.45, 7) is 1.98. The van der Waals surface area contributed by atoms with Crippen molar-refractivity contribution >= 4 is 33.4 Å². The normalized spacial score (nSPS) is 11.3. The van der Waals surface area contributed by atoms with Gasteiger partial charge in [-0.1, -0.05) is 35.9 Å². The molecule has 6 nitrogen and oxygen atoms in total. The molecule has 0 saturated heterocycles. The van der Waals surface area contributed by atoms with Crippen LogP contribution in [0.3, 0.4) is 0 Å². The molecule has 154 valence electrons. The maximum Gasteiger partial charge on any atom is 0.261 e. The summed E-state index contributed by atoms with van der Waals surface area (Å²) in [6, 6.07) is 20.4. The summed E-state index contributed by atoms with van der Waals surface area (Å²) in [5.41, 5.74) is 2.79. The number of aryl methyl sites for hydroxylation is 1. The summed E-state index contributed by atoms with van der Waals surface area (Å²) < 4.78 is 32.9. The summed E-state index contributed by atoms with van der Waals surface area (Å²) in [5.74, 6) is 0.274. The van der Waals surface area contributed by atoms with Gasteiger partial charge >= 0.3 is 0 Å². The predicted octanol–water partition coefficient (Wildman–Crippen LogP) is 4.46. The Morgan fingerprint density at radius 3 is 2.37 bits per heavy atom. The molecule has 3 rings (SSSR count). The number of hydrogen-bond donors (Lipinski definition) is 2. The molecule has 0 aliphatic rings. The Hall–Kier alpha value is -3.58. The first-order valence-corrected chi connectivity index (χ1v) is 10.7. The molecule has 1 amide bonds. The van der Waals surface area contributed by atoms with E-state index in [1.807, 2.05) is 31.2 Å². The molecule has 0 aliphatic heterocycles. The Morgan fingerprint density at radius 1 is 0.933 bits per heavy atom. The van der Waals surface area contributed by atoms with Gasteiger partial charge in [-0.15, -0.1) is 0 Å². The first kappa shape index (κ1) is 21.1. The minimum absolute atomic E-state index is 0.0405. The third-order valence-corrected chi connectivity index (χ3v) is 5.60. The van der Waals surface area contributed by atoms with Crippen LogP contribution < -0.4 is 14.8 Å². The summed E-state index contributed by atoms with van der Waals surface area (Å²) in [4.78, 5) is 12.2. The van der Waals surface area contributed by atoms with E-state index in [0.717, 1.165) is 11.1 Å². The number of anilines is 2. The van der Waals surface area contributed by atoms with Gasteiger partial charge in [-0.2, -0.15) is 0 Å². The highest BCUT2D eigenvalue weighted by atomic mass is 32.2. The molecule has 0 spiro atoms. The van der Waals surface area contributed by atoms with Crippen molar-refractivity contribution in [1.82, 2.24) is 0 Å². The zero-order valence-electron chi connectivity index (χ0n) is 16.6. The van der Waals surface area contributed by atoms with Crippen LogP contribution in [0.4, 0.5) is 11.4 Å². The van der Waals surface area contributed by atoms with Gasteiger partial charge in [0.15, 0.2) is 0 Å². The van der Waals surface area contributed by atoms with Crippen LogP contribution in [0.5, 0.6) is 5.75 Å². The SMILES string of the molecule is COc1ccc(NS(=O)(=O)c2cccc(NC(=O)/C=C/c3cccc(C)c3)c2)cc1. The lowest BCUT2D eigenvalue weighted by Gasteiger charge is -2.10. The molecule has 0 aromatic heterocycles. The van der Waals surface area contributed by atoms with Crippen molar-refractivity contribution in [1.29, 1.82) is 0 Å². The summed E-state index contributed by atoms with van der Waals surface area (Å²) >= 11 is 0. The molecule has 30 heavy (non-hydrogen) atoms. The van der Waals surface area contributed by atoms with Crippen molar-refractivity contribution in [3.05, 3.63) is 90.0 Å². The Morgan fingerprint density at radius 2 is 1.67 bits per heavy atom. The Labute approximate surface area is 176 Å². The molecular formula is C23H22N2O4S. The van der Waals surface area contributed by atoms with E-state index in [4.69, 9.17) is 4.74 Å². The summed E-state index contributed by atoms with van der Waals surface area (Å²) in [5, 5.41) is 2.68. The third kappa shape index (κ3) is 5.71. The molecule has 0 radical (unpaired) electrons. The van der Waals surface area contributed by atoms with E-state index in [2.05, 4.69) is 10.0 Å². The second-order valence-corrected chi connectivity index (χ2v) is 8.28. The van der Waals surface area contributed by atoms with Crippen LogP contribution in [0, 0.1) is 6.92 Å². The lowest BCUT2D eigenvalue weighted by molar-refractivity contribution is -0.111. The fourth-order valence-corrected chi connectivity index (χ4v) is 3.85. The van der Waals surface area contributed by atoms with Gasteiger partial charge in [-0.25, -0.2) is 8.42 Å². The molecule has 0 aliphatic carbocycles. The molecule has 0 saturated carbocycles. The fourth-order valence-electron chi connectivity index (χ4n) is 2.74. The summed E-state index contributed by atoms with van der Waals surface area (Å²) in [7, 11) is -2.27. The van der Waals surface area contributed by atoms with Crippen molar-refractivity contribution < 1.29 is 17.9 Å². The van der Waals surface area contributed by atoms with Crippen LogP contribution in [0.25, 0.3) is 6.08 Å². The number of carbonyl (C=O) groups excluding carboxylic acids is 1. The average Bonchev–Trinajstić information content (AvgIpc) is 2.73. The molecule has 7 heteroatoms. The van der Waals surface area contributed by atoms with Crippen LogP contribution in [0.15, 0.2) is 83.8 Å². The molecule has 2 N–H and O–H groups in total. The van der Waals surface area contributed by atoms with Gasteiger partial charge < -0.3 is 10.1 Å².